The highest BCUT2D eigenvalue weighted by Crippen LogP contribution is 2.30. The highest BCUT2D eigenvalue weighted by atomic mass is 16.6. The standard InChI is InChI=1S/C22H32N6O2/c1-16(2)28-19-8-5-4-7-18(19)21(26-28)22-25-24-20(30-22)15-17-9-12-27(13-10-17)11-6-14-29-23-3/h4-5,7-8,16-17,23H,6,9-15H2,1-3H3. The Morgan fingerprint density at radius 3 is 2.77 bits per heavy atom. The van der Waals surface area contributed by atoms with Crippen molar-refractivity contribution < 1.29 is 9.25 Å². The number of hydroxylamine groups is 1. The molecule has 3 aromatic rings. The fraction of sp³-hybridized carbons (Fsp3) is 0.591. The quantitative estimate of drug-likeness (QED) is 0.426. The van der Waals surface area contributed by atoms with Crippen molar-refractivity contribution in [3.63, 3.8) is 0 Å². The maximum Gasteiger partial charge on any atom is 0.268 e. The molecule has 0 aliphatic carbocycles. The second kappa shape index (κ2) is 9.68. The normalized spacial score (nSPS) is 16.1. The van der Waals surface area contributed by atoms with Crippen LogP contribution >= 0.6 is 0 Å². The number of likely N-dealkylation sites (tertiary alicyclic amines) is 1. The molecule has 0 amide bonds. The summed E-state index contributed by atoms with van der Waals surface area (Å²) in [5.41, 5.74) is 4.59. The Balaban J connectivity index is 1.37. The molecule has 1 saturated heterocycles. The second-order valence-corrected chi connectivity index (χ2v) is 8.30. The summed E-state index contributed by atoms with van der Waals surface area (Å²) in [6.07, 6.45) is 4.22. The van der Waals surface area contributed by atoms with Crippen LogP contribution in [0.2, 0.25) is 0 Å². The van der Waals surface area contributed by atoms with Crippen LogP contribution in [0.5, 0.6) is 0 Å². The van der Waals surface area contributed by atoms with Crippen LogP contribution in [0.1, 0.15) is 45.0 Å². The topological polar surface area (TPSA) is 81.2 Å². The van der Waals surface area contributed by atoms with E-state index in [1.165, 1.54) is 0 Å². The minimum atomic E-state index is 0.265. The lowest BCUT2D eigenvalue weighted by molar-refractivity contribution is 0.0482. The molecule has 0 atom stereocenters. The summed E-state index contributed by atoms with van der Waals surface area (Å²) < 4.78 is 8.08. The Kier molecular flexibility index (Phi) is 6.76. The molecule has 1 aromatic carbocycles. The zero-order chi connectivity index (χ0) is 20.9. The molecular formula is C22H32N6O2. The van der Waals surface area contributed by atoms with Crippen molar-refractivity contribution in [1.29, 1.82) is 0 Å². The van der Waals surface area contributed by atoms with Crippen molar-refractivity contribution in [3.05, 3.63) is 30.2 Å². The molecule has 0 bridgehead atoms. The Morgan fingerprint density at radius 2 is 2.00 bits per heavy atom. The van der Waals surface area contributed by atoms with Crippen LogP contribution in [0.15, 0.2) is 28.7 Å². The van der Waals surface area contributed by atoms with Gasteiger partial charge in [0, 0.05) is 31.4 Å². The maximum absolute atomic E-state index is 6.06. The second-order valence-electron chi connectivity index (χ2n) is 8.30. The summed E-state index contributed by atoms with van der Waals surface area (Å²) in [4.78, 5) is 7.71. The molecule has 0 radical (unpaired) electrons. The maximum atomic E-state index is 6.06. The van der Waals surface area contributed by atoms with E-state index in [1.807, 2.05) is 16.8 Å². The Hall–Kier alpha value is -2.29. The van der Waals surface area contributed by atoms with Crippen molar-refractivity contribution in [3.8, 4) is 11.6 Å². The first-order valence-electron chi connectivity index (χ1n) is 11.0. The first kappa shape index (κ1) is 21.0. The highest BCUT2D eigenvalue weighted by Gasteiger charge is 2.23. The van der Waals surface area contributed by atoms with E-state index >= 15 is 0 Å². The Morgan fingerprint density at radius 1 is 1.20 bits per heavy atom. The predicted octanol–water partition coefficient (Wildman–Crippen LogP) is 3.46. The minimum Gasteiger partial charge on any atom is -0.419 e. The molecule has 4 rings (SSSR count). The van der Waals surface area contributed by atoms with Crippen molar-refractivity contribution in [2.24, 2.45) is 5.92 Å². The average Bonchev–Trinajstić information content (AvgIpc) is 3.37. The first-order chi connectivity index (χ1) is 14.7. The van der Waals surface area contributed by atoms with Gasteiger partial charge in [0.25, 0.3) is 5.89 Å². The van der Waals surface area contributed by atoms with Crippen LogP contribution < -0.4 is 5.48 Å². The van der Waals surface area contributed by atoms with E-state index in [0.717, 1.165) is 68.5 Å². The van der Waals surface area contributed by atoms with E-state index in [9.17, 15) is 0 Å². The summed E-state index contributed by atoms with van der Waals surface area (Å²) in [7, 11) is 1.80. The predicted molar refractivity (Wildman–Crippen MR) is 116 cm³/mol. The Labute approximate surface area is 177 Å². The lowest BCUT2D eigenvalue weighted by Gasteiger charge is -2.31. The average molecular weight is 413 g/mol. The zero-order valence-corrected chi connectivity index (χ0v) is 18.2. The molecule has 1 aliphatic heterocycles. The number of hydrogen-bond acceptors (Lipinski definition) is 7. The van der Waals surface area contributed by atoms with E-state index in [0.29, 0.717) is 17.7 Å². The fourth-order valence-electron chi connectivity index (χ4n) is 4.20. The summed E-state index contributed by atoms with van der Waals surface area (Å²) >= 11 is 0. The van der Waals surface area contributed by atoms with Crippen molar-refractivity contribution >= 4 is 10.9 Å². The van der Waals surface area contributed by atoms with Gasteiger partial charge >= 0.3 is 0 Å². The van der Waals surface area contributed by atoms with Gasteiger partial charge in [0.2, 0.25) is 5.89 Å². The number of hydrogen-bond donors (Lipinski definition) is 1. The van der Waals surface area contributed by atoms with E-state index in [-0.39, 0.29) is 6.04 Å². The molecule has 1 fully saturated rings. The van der Waals surface area contributed by atoms with Gasteiger partial charge in [-0.1, -0.05) is 18.2 Å². The fourth-order valence-corrected chi connectivity index (χ4v) is 4.20. The molecule has 1 aliphatic rings. The minimum absolute atomic E-state index is 0.265. The molecule has 1 N–H and O–H groups in total. The van der Waals surface area contributed by atoms with Crippen molar-refractivity contribution in [2.75, 3.05) is 33.3 Å². The number of para-hydroxylation sites is 1. The smallest absolute Gasteiger partial charge is 0.268 e. The molecule has 2 aromatic heterocycles. The molecule has 0 saturated carbocycles. The Bertz CT molecular complexity index is 942. The molecule has 30 heavy (non-hydrogen) atoms. The summed E-state index contributed by atoms with van der Waals surface area (Å²) in [6, 6.07) is 8.47. The molecule has 0 unspecified atom stereocenters. The largest absolute Gasteiger partial charge is 0.419 e. The van der Waals surface area contributed by atoms with Gasteiger partial charge in [-0.15, -0.1) is 10.2 Å². The van der Waals surface area contributed by atoms with Gasteiger partial charge in [-0.05, 0) is 58.2 Å². The zero-order valence-electron chi connectivity index (χ0n) is 18.2. The number of benzene rings is 1. The van der Waals surface area contributed by atoms with Gasteiger partial charge in [-0.25, -0.2) is 5.48 Å². The van der Waals surface area contributed by atoms with Crippen LogP contribution in [0.3, 0.4) is 0 Å². The van der Waals surface area contributed by atoms with E-state index in [1.54, 1.807) is 7.05 Å². The van der Waals surface area contributed by atoms with E-state index < -0.39 is 0 Å². The molecule has 0 spiro atoms. The van der Waals surface area contributed by atoms with Crippen LogP contribution in [-0.4, -0.2) is 58.2 Å². The van der Waals surface area contributed by atoms with Crippen LogP contribution in [-0.2, 0) is 11.3 Å². The number of fused-ring (bicyclic) bond motifs is 1. The molecular weight excluding hydrogens is 380 g/mol. The van der Waals surface area contributed by atoms with E-state index in [2.05, 4.69) is 46.6 Å². The SMILES string of the molecule is CNOCCCN1CCC(Cc2nnc(-c3nn(C(C)C)c4ccccc34)o2)CC1. The van der Waals surface area contributed by atoms with Crippen LogP contribution in [0.4, 0.5) is 0 Å². The summed E-state index contributed by atoms with van der Waals surface area (Å²) in [5.74, 6) is 1.82. The summed E-state index contributed by atoms with van der Waals surface area (Å²) in [6.45, 7) is 8.33. The molecule has 8 heteroatoms. The van der Waals surface area contributed by atoms with Crippen molar-refractivity contribution in [2.45, 2.75) is 45.6 Å². The highest BCUT2D eigenvalue weighted by molar-refractivity contribution is 5.91. The molecule has 3 heterocycles. The third-order valence-corrected chi connectivity index (χ3v) is 5.81. The molecule has 8 nitrogen and oxygen atoms in total. The first-order valence-corrected chi connectivity index (χ1v) is 11.0. The lowest BCUT2D eigenvalue weighted by atomic mass is 9.93. The third kappa shape index (κ3) is 4.71. The van der Waals surface area contributed by atoms with Crippen molar-refractivity contribution in [1.82, 2.24) is 30.4 Å². The van der Waals surface area contributed by atoms with E-state index in [4.69, 9.17) is 14.4 Å². The lowest BCUT2D eigenvalue weighted by Crippen LogP contribution is -2.35. The van der Waals surface area contributed by atoms with Gasteiger partial charge < -0.3 is 14.2 Å². The number of piperidine rings is 1. The van der Waals surface area contributed by atoms with Crippen LogP contribution in [0, 0.1) is 5.92 Å². The number of nitrogens with one attached hydrogen (secondary N) is 1. The van der Waals surface area contributed by atoms with Gasteiger partial charge in [-0.2, -0.15) is 5.10 Å². The van der Waals surface area contributed by atoms with Gasteiger partial charge in [0.05, 0.1) is 12.1 Å². The number of nitrogens with zero attached hydrogens (tertiary/aromatic N) is 5. The van der Waals surface area contributed by atoms with Gasteiger partial charge in [-0.3, -0.25) is 4.68 Å². The number of aromatic nitrogens is 4. The van der Waals surface area contributed by atoms with Gasteiger partial charge in [0.1, 0.15) is 0 Å². The summed E-state index contributed by atoms with van der Waals surface area (Å²) in [5, 5.41) is 14.5. The number of rotatable bonds is 9. The molecule has 162 valence electrons. The monoisotopic (exact) mass is 412 g/mol. The van der Waals surface area contributed by atoms with Gasteiger partial charge in [0.15, 0.2) is 5.69 Å². The third-order valence-electron chi connectivity index (χ3n) is 5.81. The van der Waals surface area contributed by atoms with Crippen LogP contribution in [0.25, 0.3) is 22.5 Å².